The van der Waals surface area contributed by atoms with Gasteiger partial charge >= 0.3 is 0 Å². The van der Waals surface area contributed by atoms with E-state index in [-0.39, 0.29) is 10.1 Å². The zero-order valence-corrected chi connectivity index (χ0v) is 25.3. The molecule has 0 N–H and O–H groups in total. The van der Waals surface area contributed by atoms with Crippen LogP contribution in [0, 0.1) is 6.92 Å². The highest BCUT2D eigenvalue weighted by atomic mass is 35.5. The maximum atomic E-state index is 14.3. The molecule has 2 aliphatic rings. The normalized spacial score (nSPS) is 19.4. The largest absolute Gasteiger partial charge is 0.494 e. The van der Waals surface area contributed by atoms with Crippen LogP contribution in [0.15, 0.2) is 28.5 Å². The molecule has 0 aliphatic carbocycles. The standard InChI is InChI=1S/C26H33ClN4O5S3/c1-18-7-8-20(35-2)23-24(18)38-26(28-23)30(12-5-11-29-14-16-36-17-15-29)25(32)19-6-3-4-13-31(19)39(33,34)22-10-9-21(27)37-22/h7-10,19H,3-6,11-17H2,1-2H3. The van der Waals surface area contributed by atoms with Crippen molar-refractivity contribution >= 4 is 65.6 Å². The first kappa shape index (κ1) is 28.7. The molecule has 1 atom stereocenters. The molecule has 2 saturated heterocycles. The summed E-state index contributed by atoms with van der Waals surface area (Å²) >= 11 is 8.53. The Morgan fingerprint density at radius 2 is 1.97 bits per heavy atom. The van der Waals surface area contributed by atoms with Crippen LogP contribution in [0.1, 0.15) is 31.2 Å². The van der Waals surface area contributed by atoms with Crippen LogP contribution >= 0.6 is 34.3 Å². The summed E-state index contributed by atoms with van der Waals surface area (Å²) in [6.45, 7) is 6.71. The molecule has 0 radical (unpaired) electrons. The number of aryl methyl sites for hydroxylation is 1. The number of methoxy groups -OCH3 is 1. The van der Waals surface area contributed by atoms with Crippen molar-refractivity contribution < 1.29 is 22.7 Å². The maximum absolute atomic E-state index is 14.3. The number of sulfonamides is 1. The first-order valence-corrected chi connectivity index (χ1v) is 16.6. The Hall–Kier alpha value is -1.80. The summed E-state index contributed by atoms with van der Waals surface area (Å²) in [4.78, 5) is 23.2. The second-order valence-corrected chi connectivity index (χ2v) is 14.6. The third kappa shape index (κ3) is 6.12. The number of anilines is 1. The molecule has 3 aromatic rings. The molecule has 39 heavy (non-hydrogen) atoms. The van der Waals surface area contributed by atoms with Crippen LogP contribution < -0.4 is 9.64 Å². The number of nitrogens with zero attached hydrogens (tertiary/aromatic N) is 4. The van der Waals surface area contributed by atoms with E-state index in [4.69, 9.17) is 26.1 Å². The van der Waals surface area contributed by atoms with E-state index in [9.17, 15) is 13.2 Å². The number of halogens is 1. The molecule has 0 bridgehead atoms. The average Bonchev–Trinajstić information content (AvgIpc) is 3.59. The molecule has 9 nitrogen and oxygen atoms in total. The zero-order chi connectivity index (χ0) is 27.6. The van der Waals surface area contributed by atoms with Gasteiger partial charge in [0.15, 0.2) is 5.13 Å². The molecule has 13 heteroatoms. The lowest BCUT2D eigenvalue weighted by Crippen LogP contribution is -2.53. The predicted molar refractivity (Wildman–Crippen MR) is 156 cm³/mol. The number of carbonyl (C=O) groups excluding carboxylic acids is 1. The van der Waals surface area contributed by atoms with Crippen molar-refractivity contribution in [2.75, 3.05) is 57.9 Å². The molecule has 2 fully saturated rings. The number of fused-ring (bicyclic) bond motifs is 1. The smallest absolute Gasteiger partial charge is 0.253 e. The summed E-state index contributed by atoms with van der Waals surface area (Å²) in [5, 5.41) is 0.562. The molecular weight excluding hydrogens is 580 g/mol. The Balaban J connectivity index is 1.47. The van der Waals surface area contributed by atoms with Gasteiger partial charge in [0.25, 0.3) is 10.0 Å². The van der Waals surface area contributed by atoms with Crippen LogP contribution in [0.5, 0.6) is 5.75 Å². The summed E-state index contributed by atoms with van der Waals surface area (Å²) in [7, 11) is -2.26. The highest BCUT2D eigenvalue weighted by Crippen LogP contribution is 2.38. The fourth-order valence-electron chi connectivity index (χ4n) is 5.13. The van der Waals surface area contributed by atoms with Gasteiger partial charge in [-0.05, 0) is 49.9 Å². The number of aromatic nitrogens is 1. The first-order chi connectivity index (χ1) is 18.8. The Labute approximate surface area is 242 Å². The molecule has 1 aromatic carbocycles. The van der Waals surface area contributed by atoms with Gasteiger partial charge in [-0.3, -0.25) is 14.6 Å². The van der Waals surface area contributed by atoms with Gasteiger partial charge in [-0.1, -0.05) is 35.4 Å². The number of hydrogen-bond acceptors (Lipinski definition) is 9. The molecule has 0 spiro atoms. The van der Waals surface area contributed by atoms with Gasteiger partial charge in [-0.15, -0.1) is 11.3 Å². The van der Waals surface area contributed by atoms with Gasteiger partial charge in [0.1, 0.15) is 21.5 Å². The summed E-state index contributed by atoms with van der Waals surface area (Å²) in [6, 6.07) is 6.15. The fraction of sp³-hybridized carbons (Fsp3) is 0.538. The van der Waals surface area contributed by atoms with Crippen LogP contribution in [0.4, 0.5) is 5.13 Å². The van der Waals surface area contributed by atoms with Gasteiger partial charge in [-0.25, -0.2) is 13.4 Å². The van der Waals surface area contributed by atoms with Gasteiger partial charge in [0.2, 0.25) is 5.91 Å². The van der Waals surface area contributed by atoms with Crippen molar-refractivity contribution in [2.24, 2.45) is 0 Å². The number of hydrogen-bond donors (Lipinski definition) is 0. The van der Waals surface area contributed by atoms with Crippen molar-refractivity contribution in [1.29, 1.82) is 0 Å². The maximum Gasteiger partial charge on any atom is 0.253 e. The summed E-state index contributed by atoms with van der Waals surface area (Å²) in [5.74, 6) is 0.411. The topological polar surface area (TPSA) is 92.3 Å². The molecule has 5 rings (SSSR count). The molecule has 0 saturated carbocycles. The van der Waals surface area contributed by atoms with Crippen molar-refractivity contribution in [3.8, 4) is 5.75 Å². The van der Waals surface area contributed by atoms with E-state index in [0.29, 0.717) is 59.9 Å². The number of amides is 1. The molecular formula is C26H33ClN4O5S3. The van der Waals surface area contributed by atoms with Gasteiger partial charge in [0, 0.05) is 32.7 Å². The minimum absolute atomic E-state index is 0.159. The minimum atomic E-state index is -3.87. The van der Waals surface area contributed by atoms with Gasteiger partial charge in [-0.2, -0.15) is 4.31 Å². The Morgan fingerprint density at radius 1 is 1.18 bits per heavy atom. The Kier molecular flexibility index (Phi) is 9.11. The summed E-state index contributed by atoms with van der Waals surface area (Å²) in [5.41, 5.74) is 1.76. The van der Waals surface area contributed by atoms with Crippen LogP contribution in [-0.2, 0) is 19.6 Å². The van der Waals surface area contributed by atoms with Crippen molar-refractivity contribution in [3.63, 3.8) is 0 Å². The number of thiophene rings is 1. The fourth-order valence-corrected chi connectivity index (χ4v) is 9.47. The van der Waals surface area contributed by atoms with E-state index in [1.54, 1.807) is 18.1 Å². The summed E-state index contributed by atoms with van der Waals surface area (Å²) < 4.78 is 41.1. The number of morpholine rings is 1. The number of ether oxygens (including phenoxy) is 2. The number of carbonyl (C=O) groups is 1. The van der Waals surface area contributed by atoms with E-state index in [1.165, 1.54) is 21.7 Å². The predicted octanol–water partition coefficient (Wildman–Crippen LogP) is 4.63. The second-order valence-electron chi connectivity index (χ2n) is 9.74. The van der Waals surface area contributed by atoms with E-state index in [2.05, 4.69) is 4.90 Å². The van der Waals surface area contributed by atoms with Crippen LogP contribution in [0.2, 0.25) is 4.34 Å². The lowest BCUT2D eigenvalue weighted by atomic mass is 10.0. The van der Waals surface area contributed by atoms with E-state index in [1.807, 2.05) is 19.1 Å². The van der Waals surface area contributed by atoms with Crippen molar-refractivity contribution in [1.82, 2.24) is 14.2 Å². The molecule has 1 unspecified atom stereocenters. The van der Waals surface area contributed by atoms with Crippen LogP contribution in [-0.4, -0.2) is 87.6 Å². The van der Waals surface area contributed by atoms with E-state index in [0.717, 1.165) is 54.1 Å². The quantitative estimate of drug-likeness (QED) is 0.348. The van der Waals surface area contributed by atoms with Crippen molar-refractivity contribution in [2.45, 2.75) is 42.9 Å². The lowest BCUT2D eigenvalue weighted by molar-refractivity contribution is -0.123. The number of piperidine rings is 1. The molecule has 2 aliphatic heterocycles. The second kappa shape index (κ2) is 12.4. The van der Waals surface area contributed by atoms with Gasteiger partial charge < -0.3 is 9.47 Å². The third-order valence-corrected chi connectivity index (χ3v) is 12.0. The molecule has 212 valence electrons. The number of benzene rings is 1. The summed E-state index contributed by atoms with van der Waals surface area (Å²) in [6.07, 6.45) is 2.68. The van der Waals surface area contributed by atoms with Gasteiger partial charge in [0.05, 0.1) is 29.4 Å². The third-order valence-electron chi connectivity index (χ3n) is 7.22. The van der Waals surface area contributed by atoms with Crippen molar-refractivity contribution in [3.05, 3.63) is 34.2 Å². The molecule has 1 amide bonds. The molecule has 4 heterocycles. The number of rotatable bonds is 9. The highest BCUT2D eigenvalue weighted by Gasteiger charge is 2.41. The molecule has 2 aromatic heterocycles. The Morgan fingerprint density at radius 3 is 2.69 bits per heavy atom. The monoisotopic (exact) mass is 612 g/mol. The van der Waals surface area contributed by atoms with E-state index >= 15 is 0 Å². The first-order valence-electron chi connectivity index (χ1n) is 13.1. The zero-order valence-electron chi connectivity index (χ0n) is 22.1. The SMILES string of the molecule is COc1ccc(C)c2sc(N(CCCN3CCOCC3)C(=O)C3CCCCN3S(=O)(=O)c3ccc(Cl)s3)nc12. The highest BCUT2D eigenvalue weighted by molar-refractivity contribution is 7.91. The minimum Gasteiger partial charge on any atom is -0.494 e. The van der Waals surface area contributed by atoms with E-state index < -0.39 is 16.1 Å². The lowest BCUT2D eigenvalue weighted by Gasteiger charge is -2.36. The Bertz CT molecular complexity index is 1420. The van der Waals surface area contributed by atoms with Crippen LogP contribution in [0.3, 0.4) is 0 Å². The average molecular weight is 613 g/mol. The van der Waals surface area contributed by atoms with Crippen LogP contribution in [0.25, 0.3) is 10.2 Å². The number of thiazole rings is 1.